The molecule has 66 valence electrons. The molecule has 0 fully saturated rings. The first kappa shape index (κ1) is 9.96. The fourth-order valence-corrected chi connectivity index (χ4v) is 1.59. The fourth-order valence-electron chi connectivity index (χ4n) is 0.910. The predicted molar refractivity (Wildman–Crippen MR) is 49.9 cm³/mol. The van der Waals surface area contributed by atoms with Crippen LogP contribution < -0.4 is 0 Å². The molecule has 4 heteroatoms. The molecule has 0 radical (unpaired) electrons. The molecule has 1 aromatic rings. The maximum atomic E-state index is 13.2. The lowest BCUT2D eigenvalue weighted by molar-refractivity contribution is 0.297. The van der Waals surface area contributed by atoms with Gasteiger partial charge in [-0.25, -0.2) is 4.39 Å². The van der Waals surface area contributed by atoms with E-state index < -0.39 is 5.82 Å². The van der Waals surface area contributed by atoms with Crippen LogP contribution in [0.3, 0.4) is 0 Å². The molecule has 0 amide bonds. The molecular formula is C8H7BrClFO. The van der Waals surface area contributed by atoms with Crippen LogP contribution in [0.5, 0.6) is 0 Å². The van der Waals surface area contributed by atoms with Crippen LogP contribution >= 0.6 is 27.5 Å². The zero-order chi connectivity index (χ0) is 9.14. The fraction of sp³-hybridized carbons (Fsp3) is 0.250. The van der Waals surface area contributed by atoms with Crippen LogP contribution in [0.4, 0.5) is 4.39 Å². The van der Waals surface area contributed by atoms with Gasteiger partial charge in [-0.3, -0.25) is 0 Å². The number of aliphatic hydroxyl groups excluding tert-OH is 1. The molecule has 0 atom stereocenters. The minimum absolute atomic E-state index is 0.0849. The van der Waals surface area contributed by atoms with E-state index in [1.165, 1.54) is 6.07 Å². The number of halogens is 3. The molecule has 1 N–H and O–H groups in total. The molecule has 1 rings (SSSR count). The highest BCUT2D eigenvalue weighted by atomic mass is 79.9. The van der Waals surface area contributed by atoms with Gasteiger partial charge in [0.05, 0.1) is 5.02 Å². The molecule has 0 aliphatic rings. The van der Waals surface area contributed by atoms with E-state index in [2.05, 4.69) is 15.9 Å². The van der Waals surface area contributed by atoms with E-state index in [-0.39, 0.29) is 18.1 Å². The van der Waals surface area contributed by atoms with E-state index in [1.54, 1.807) is 6.07 Å². The molecule has 12 heavy (non-hydrogen) atoms. The van der Waals surface area contributed by atoms with Crippen molar-refractivity contribution in [3.05, 3.63) is 33.0 Å². The average molecular weight is 253 g/mol. The molecule has 0 heterocycles. The molecule has 0 saturated carbocycles. The van der Waals surface area contributed by atoms with E-state index >= 15 is 0 Å². The Hall–Kier alpha value is -0.120. The predicted octanol–water partition coefficient (Wildman–Crippen LogP) is 2.78. The quantitative estimate of drug-likeness (QED) is 0.804. The topological polar surface area (TPSA) is 20.2 Å². The van der Waals surface area contributed by atoms with Gasteiger partial charge in [-0.15, -0.1) is 0 Å². The average Bonchev–Trinajstić information content (AvgIpc) is 2.06. The lowest BCUT2D eigenvalue weighted by atomic mass is 10.1. The monoisotopic (exact) mass is 252 g/mol. The Bertz CT molecular complexity index is 291. The van der Waals surface area contributed by atoms with Gasteiger partial charge in [-0.05, 0) is 18.6 Å². The van der Waals surface area contributed by atoms with E-state index in [9.17, 15) is 4.39 Å². The number of benzene rings is 1. The minimum Gasteiger partial charge on any atom is -0.396 e. The van der Waals surface area contributed by atoms with Crippen LogP contribution in [0, 0.1) is 5.82 Å². The lowest BCUT2D eigenvalue weighted by Crippen LogP contribution is -1.96. The molecule has 0 saturated heterocycles. The Morgan fingerprint density at radius 3 is 2.75 bits per heavy atom. The van der Waals surface area contributed by atoms with Crippen molar-refractivity contribution >= 4 is 27.5 Å². The van der Waals surface area contributed by atoms with Gasteiger partial charge in [0.25, 0.3) is 0 Å². The summed E-state index contributed by atoms with van der Waals surface area (Å²) in [6.45, 7) is -0.0874. The number of hydrogen-bond donors (Lipinski definition) is 1. The molecule has 0 aliphatic heterocycles. The minimum atomic E-state index is -0.458. The summed E-state index contributed by atoms with van der Waals surface area (Å²) >= 11 is 8.72. The Morgan fingerprint density at radius 1 is 1.50 bits per heavy atom. The van der Waals surface area contributed by atoms with Crippen LogP contribution in [0.1, 0.15) is 5.56 Å². The molecule has 0 aliphatic carbocycles. The van der Waals surface area contributed by atoms with Crippen molar-refractivity contribution < 1.29 is 9.50 Å². The summed E-state index contributed by atoms with van der Waals surface area (Å²) < 4.78 is 13.8. The summed E-state index contributed by atoms with van der Waals surface area (Å²) in [4.78, 5) is 0. The smallest absolute Gasteiger partial charge is 0.146 e. The summed E-state index contributed by atoms with van der Waals surface area (Å²) in [5.74, 6) is -0.458. The number of rotatable bonds is 2. The maximum absolute atomic E-state index is 13.2. The van der Waals surface area contributed by atoms with Gasteiger partial charge < -0.3 is 5.11 Å². The second kappa shape index (κ2) is 4.21. The van der Waals surface area contributed by atoms with Crippen LogP contribution in [0.2, 0.25) is 5.02 Å². The highest BCUT2D eigenvalue weighted by Crippen LogP contribution is 2.25. The third kappa shape index (κ3) is 1.97. The summed E-state index contributed by atoms with van der Waals surface area (Å²) in [5, 5.41) is 8.71. The summed E-state index contributed by atoms with van der Waals surface area (Å²) in [6.07, 6.45) is 0.271. The first-order chi connectivity index (χ1) is 5.66. The third-order valence-electron chi connectivity index (χ3n) is 1.50. The molecular weight excluding hydrogens is 246 g/mol. The maximum Gasteiger partial charge on any atom is 0.146 e. The molecule has 1 nitrogen and oxygen atoms in total. The third-order valence-corrected chi connectivity index (χ3v) is 2.54. The van der Waals surface area contributed by atoms with Gasteiger partial charge in [-0.1, -0.05) is 27.5 Å². The normalized spacial score (nSPS) is 10.3. The first-order valence-corrected chi connectivity index (χ1v) is 4.57. The Balaban J connectivity index is 3.14. The zero-order valence-electron chi connectivity index (χ0n) is 6.15. The molecule has 0 unspecified atom stereocenters. The Morgan fingerprint density at radius 2 is 2.17 bits per heavy atom. The van der Waals surface area contributed by atoms with Crippen molar-refractivity contribution in [1.29, 1.82) is 0 Å². The van der Waals surface area contributed by atoms with Crippen molar-refractivity contribution in [3.8, 4) is 0 Å². The van der Waals surface area contributed by atoms with Crippen LogP contribution in [0.25, 0.3) is 0 Å². The summed E-state index contributed by atoms with van der Waals surface area (Å²) in [6, 6.07) is 3.14. The highest BCUT2D eigenvalue weighted by Gasteiger charge is 2.09. The second-order valence-corrected chi connectivity index (χ2v) is 3.56. The second-order valence-electron chi connectivity index (χ2n) is 2.30. The number of aliphatic hydroxyl groups is 1. The van der Waals surface area contributed by atoms with Gasteiger partial charge in [0.1, 0.15) is 5.82 Å². The molecule has 1 aromatic carbocycles. The van der Waals surface area contributed by atoms with Gasteiger partial charge in [0.2, 0.25) is 0 Å². The van der Waals surface area contributed by atoms with Gasteiger partial charge in [0, 0.05) is 16.6 Å². The van der Waals surface area contributed by atoms with Crippen LogP contribution in [0.15, 0.2) is 16.6 Å². The van der Waals surface area contributed by atoms with E-state index in [4.69, 9.17) is 16.7 Å². The van der Waals surface area contributed by atoms with Crippen molar-refractivity contribution in [2.45, 2.75) is 6.42 Å². The summed E-state index contributed by atoms with van der Waals surface area (Å²) in [7, 11) is 0. The van der Waals surface area contributed by atoms with Crippen molar-refractivity contribution in [2.24, 2.45) is 0 Å². The van der Waals surface area contributed by atoms with E-state index in [0.717, 1.165) is 0 Å². The van der Waals surface area contributed by atoms with Gasteiger partial charge >= 0.3 is 0 Å². The largest absolute Gasteiger partial charge is 0.396 e. The van der Waals surface area contributed by atoms with Crippen molar-refractivity contribution in [1.82, 2.24) is 0 Å². The van der Waals surface area contributed by atoms with Crippen molar-refractivity contribution in [2.75, 3.05) is 6.61 Å². The Kier molecular flexibility index (Phi) is 3.50. The van der Waals surface area contributed by atoms with Crippen molar-refractivity contribution in [3.63, 3.8) is 0 Å². The van der Waals surface area contributed by atoms with Gasteiger partial charge in [-0.2, -0.15) is 0 Å². The molecule has 0 spiro atoms. The van der Waals surface area contributed by atoms with E-state index in [0.29, 0.717) is 10.0 Å². The van der Waals surface area contributed by atoms with Gasteiger partial charge in [0.15, 0.2) is 0 Å². The van der Waals surface area contributed by atoms with Crippen LogP contribution in [-0.4, -0.2) is 11.7 Å². The molecule has 0 aromatic heterocycles. The van der Waals surface area contributed by atoms with Crippen LogP contribution in [-0.2, 0) is 6.42 Å². The Labute approximate surface area is 83.3 Å². The number of hydrogen-bond acceptors (Lipinski definition) is 1. The SMILES string of the molecule is OCCc1c(Br)ccc(Cl)c1F. The zero-order valence-corrected chi connectivity index (χ0v) is 8.49. The standard InChI is InChI=1S/C8H7BrClFO/c9-6-1-2-7(10)8(11)5(6)3-4-12/h1-2,12H,3-4H2. The molecule has 0 bridgehead atoms. The summed E-state index contributed by atoms with van der Waals surface area (Å²) in [5.41, 5.74) is 0.421. The van der Waals surface area contributed by atoms with E-state index in [1.807, 2.05) is 0 Å². The lowest BCUT2D eigenvalue weighted by Gasteiger charge is -2.04. The first-order valence-electron chi connectivity index (χ1n) is 3.40. The highest BCUT2D eigenvalue weighted by molar-refractivity contribution is 9.10.